The maximum atomic E-state index is 13.3. The van der Waals surface area contributed by atoms with Crippen LogP contribution in [0, 0.1) is 0 Å². The normalized spacial score (nSPS) is 19.7. The first-order valence-electron chi connectivity index (χ1n) is 22.0. The van der Waals surface area contributed by atoms with Crippen LogP contribution in [-0.2, 0) is 43.9 Å². The van der Waals surface area contributed by atoms with Gasteiger partial charge in [-0.2, -0.15) is 0 Å². The number of imidazole rings is 1. The molecule has 2 fully saturated rings. The molecule has 2 aliphatic rings. The summed E-state index contributed by atoms with van der Waals surface area (Å²) in [4.78, 5) is 60.5. The molecule has 1 aromatic carbocycles. The van der Waals surface area contributed by atoms with Crippen molar-refractivity contribution in [3.05, 3.63) is 57.5 Å². The number of benzene rings is 1. The van der Waals surface area contributed by atoms with E-state index >= 15 is 0 Å². The number of azide groups is 1. The van der Waals surface area contributed by atoms with Crippen molar-refractivity contribution in [1.29, 1.82) is 0 Å². The van der Waals surface area contributed by atoms with Crippen LogP contribution in [0.5, 0.6) is 0 Å². The zero-order valence-electron chi connectivity index (χ0n) is 39.8. The molecule has 0 saturated carbocycles. The minimum Gasteiger partial charge on any atom is -0.358 e. The molecule has 0 amide bonds. The van der Waals surface area contributed by atoms with Crippen molar-refractivity contribution in [2.75, 3.05) is 78.7 Å². The number of nitrogens with zero attached hydrogens (tertiary/aromatic N) is 10. The first-order chi connectivity index (χ1) is 30.8. The van der Waals surface area contributed by atoms with Gasteiger partial charge in [-0.1, -0.05) is 80.5 Å². The van der Waals surface area contributed by atoms with Gasteiger partial charge in [-0.15, -0.1) is 0 Å². The van der Waals surface area contributed by atoms with E-state index in [2.05, 4.69) is 102 Å². The molecule has 370 valence electrons. The van der Waals surface area contributed by atoms with Gasteiger partial charge in [0.1, 0.15) is 31.4 Å². The summed E-state index contributed by atoms with van der Waals surface area (Å²) in [6.45, 7) is 28.4. The highest BCUT2D eigenvalue weighted by Crippen LogP contribution is 2.59. The fraction of sp³-hybridized carbons (Fsp3) is 0.725. The largest absolute Gasteiger partial charge is 0.469 e. The van der Waals surface area contributed by atoms with E-state index in [1.54, 1.807) is 44.2 Å². The number of aromatic nitrogens is 4. The molecule has 3 N–H and O–H groups in total. The summed E-state index contributed by atoms with van der Waals surface area (Å²) < 4.78 is 58.9. The molecule has 0 radical (unpaired) electrons. The maximum absolute atomic E-state index is 13.3. The molecular formula is C40H72N10O12P2S. The summed E-state index contributed by atoms with van der Waals surface area (Å²) >= 11 is 0.686. The van der Waals surface area contributed by atoms with Crippen molar-refractivity contribution < 1.29 is 51.8 Å². The third-order valence-corrected chi connectivity index (χ3v) is 13.6. The average Bonchev–Trinajstić information content (AvgIpc) is 3.91. The van der Waals surface area contributed by atoms with Crippen LogP contribution in [-0.4, -0.2) is 151 Å². The number of hydrogen-bond donors (Lipinski definition) is 3. The van der Waals surface area contributed by atoms with E-state index in [0.29, 0.717) is 16.3 Å². The lowest BCUT2D eigenvalue weighted by molar-refractivity contribution is -0.199. The van der Waals surface area contributed by atoms with E-state index in [9.17, 15) is 18.8 Å². The molecule has 22 nitrogen and oxygen atoms in total. The summed E-state index contributed by atoms with van der Waals surface area (Å²) in [5.41, 5.74) is 8.25. The summed E-state index contributed by atoms with van der Waals surface area (Å²) in [7, 11) is -4.84. The van der Waals surface area contributed by atoms with Crippen LogP contribution in [0.1, 0.15) is 82.4 Å². The molecule has 5 rings (SSSR count). The van der Waals surface area contributed by atoms with Crippen molar-refractivity contribution in [2.45, 2.75) is 118 Å². The topological polar surface area (TPSA) is 261 Å². The molecule has 2 saturated heterocycles. The standard InChI is InChI=1S/C22H27N7O12P2S.3C6H15N/c1-22(2)40-16-14(10-38-42(31,32)33)39-20(17(16)41-22)29-18-15(25-21(29)26-27-23)19(30)28(11-24-18)12-36-8-9-37-43(34,35)44-13-6-4-3-5-7-13;3*1-4-7(5-2)6-3/h3-7,11,14,16-17,20H,8-10,12H2,1-2H3,(H,34,35)(H2,31,32,33);3*4-6H2,1-3H3/t14-,16-,17-,20-;;;/m1.../s1. The highest BCUT2D eigenvalue weighted by Gasteiger charge is 2.57. The summed E-state index contributed by atoms with van der Waals surface area (Å²) in [6, 6.07) is 8.57. The van der Waals surface area contributed by atoms with Crippen molar-refractivity contribution in [3.63, 3.8) is 0 Å². The fourth-order valence-corrected chi connectivity index (χ4v) is 9.42. The molecule has 2 aromatic heterocycles. The lowest BCUT2D eigenvalue weighted by Gasteiger charge is -2.25. The van der Waals surface area contributed by atoms with Crippen LogP contribution in [0.2, 0.25) is 0 Å². The van der Waals surface area contributed by atoms with E-state index < -0.39 is 57.1 Å². The monoisotopic (exact) mass is 978 g/mol. The molecule has 25 heteroatoms. The molecule has 5 atom stereocenters. The van der Waals surface area contributed by atoms with Crippen LogP contribution in [0.3, 0.4) is 0 Å². The second kappa shape index (κ2) is 29.2. The summed E-state index contributed by atoms with van der Waals surface area (Å²) in [5, 5.41) is 3.57. The van der Waals surface area contributed by atoms with E-state index in [1.165, 1.54) is 63.5 Å². The Labute approximate surface area is 387 Å². The number of rotatable bonds is 22. The molecule has 0 bridgehead atoms. The lowest BCUT2D eigenvalue weighted by Crippen LogP contribution is -2.32. The van der Waals surface area contributed by atoms with E-state index in [0.717, 1.165) is 10.9 Å². The first kappa shape index (κ1) is 58.3. The third-order valence-electron chi connectivity index (χ3n) is 10.3. The zero-order valence-corrected chi connectivity index (χ0v) is 42.4. The quantitative estimate of drug-likeness (QED) is 0.0301. The Kier molecular flexibility index (Phi) is 26.2. The summed E-state index contributed by atoms with van der Waals surface area (Å²) in [5.74, 6) is -1.40. The molecule has 2 aliphatic heterocycles. The van der Waals surface area contributed by atoms with Crippen LogP contribution < -0.4 is 5.56 Å². The smallest absolute Gasteiger partial charge is 0.358 e. The van der Waals surface area contributed by atoms with Gasteiger partial charge in [0.2, 0.25) is 5.95 Å². The number of phosphoric ester groups is 1. The molecule has 4 heterocycles. The SMILES string of the molecule is CC1(C)O[C@@H]2[C@H](O1)[C@@H](COP(=O)(O)O)O[C@H]2n1c(N=[N+]=[N-])nc2c(=O)n(COCCOP(=O)(O)Sc3ccccc3)cnc21.CCN(CC)CC.CCN(CC)CC.CCN(CC)CC. The molecule has 1 unspecified atom stereocenters. The fourth-order valence-electron chi connectivity index (χ4n) is 6.63. The number of phosphoric acid groups is 1. The van der Waals surface area contributed by atoms with E-state index in [-0.39, 0.29) is 37.1 Å². The van der Waals surface area contributed by atoms with Crippen molar-refractivity contribution in [2.24, 2.45) is 5.11 Å². The van der Waals surface area contributed by atoms with Gasteiger partial charge in [0.15, 0.2) is 23.2 Å². The second-order valence-corrected chi connectivity index (χ2v) is 19.7. The van der Waals surface area contributed by atoms with E-state index in [4.69, 9.17) is 38.8 Å². The minimum atomic E-state index is -4.84. The van der Waals surface area contributed by atoms with Gasteiger partial charge < -0.3 is 48.3 Å². The maximum Gasteiger partial charge on any atom is 0.469 e. The molecular weight excluding hydrogens is 907 g/mol. The predicted molar refractivity (Wildman–Crippen MR) is 251 cm³/mol. The van der Waals surface area contributed by atoms with Crippen LogP contribution >= 0.6 is 26.0 Å². The number of ether oxygens (including phenoxy) is 4. The molecule has 0 spiro atoms. The van der Waals surface area contributed by atoms with Crippen LogP contribution in [0.15, 0.2) is 51.5 Å². The first-order valence-corrected chi connectivity index (χ1v) is 26.5. The van der Waals surface area contributed by atoms with Gasteiger partial charge in [-0.3, -0.25) is 23.0 Å². The third kappa shape index (κ3) is 19.4. The van der Waals surface area contributed by atoms with E-state index in [1.807, 2.05) is 0 Å². The molecule has 0 aliphatic carbocycles. The van der Waals surface area contributed by atoms with Gasteiger partial charge in [-0.25, -0.2) is 19.1 Å². The lowest BCUT2D eigenvalue weighted by atomic mass is 10.1. The summed E-state index contributed by atoms with van der Waals surface area (Å²) in [6.07, 6.45) is -2.75. The second-order valence-electron chi connectivity index (χ2n) is 14.7. The van der Waals surface area contributed by atoms with Gasteiger partial charge in [0, 0.05) is 9.81 Å². The van der Waals surface area contributed by atoms with Crippen molar-refractivity contribution in [1.82, 2.24) is 33.8 Å². The van der Waals surface area contributed by atoms with Crippen molar-refractivity contribution in [3.8, 4) is 0 Å². The van der Waals surface area contributed by atoms with Gasteiger partial charge in [-0.05, 0) is 107 Å². The zero-order chi connectivity index (χ0) is 48.8. The Morgan fingerprint density at radius 1 is 0.831 bits per heavy atom. The van der Waals surface area contributed by atoms with Gasteiger partial charge in [0.25, 0.3) is 5.56 Å². The Hall–Kier alpha value is -2.79. The predicted octanol–water partition coefficient (Wildman–Crippen LogP) is 6.99. The Bertz CT molecular complexity index is 1980. The number of fused-ring (bicyclic) bond motifs is 2. The highest BCUT2D eigenvalue weighted by molar-refractivity contribution is 8.54. The Morgan fingerprint density at radius 3 is 1.83 bits per heavy atom. The molecule has 65 heavy (non-hydrogen) atoms. The van der Waals surface area contributed by atoms with Crippen LogP contribution in [0.4, 0.5) is 5.95 Å². The highest BCUT2D eigenvalue weighted by atomic mass is 32.7. The molecule has 3 aromatic rings. The van der Waals surface area contributed by atoms with Gasteiger partial charge in [0.05, 0.1) is 19.8 Å². The van der Waals surface area contributed by atoms with Crippen molar-refractivity contribution >= 4 is 43.1 Å². The Balaban J connectivity index is 0.000000571. The van der Waals surface area contributed by atoms with Crippen LogP contribution in [0.25, 0.3) is 21.6 Å². The number of hydrogen-bond acceptors (Lipinski definition) is 16. The van der Waals surface area contributed by atoms with Gasteiger partial charge >= 0.3 is 14.6 Å². The minimum absolute atomic E-state index is 0.0373. The average molecular weight is 979 g/mol. The Morgan fingerprint density at radius 2 is 1.35 bits per heavy atom.